The first-order valence-electron chi connectivity index (χ1n) is 6.39. The van der Waals surface area contributed by atoms with Crippen molar-refractivity contribution in [3.05, 3.63) is 64.4 Å². The first-order chi connectivity index (χ1) is 10.6. The Balaban J connectivity index is 1.83. The fourth-order valence-electron chi connectivity index (χ4n) is 1.92. The van der Waals surface area contributed by atoms with Crippen molar-refractivity contribution in [2.75, 3.05) is 0 Å². The number of aromatic nitrogens is 3. The highest BCUT2D eigenvalue weighted by molar-refractivity contribution is 7.58. The molecule has 0 spiro atoms. The van der Waals surface area contributed by atoms with Gasteiger partial charge in [-0.2, -0.15) is 5.10 Å². The zero-order valence-corrected chi connectivity index (χ0v) is 13.6. The highest BCUT2D eigenvalue weighted by Crippen LogP contribution is 2.19. The van der Waals surface area contributed by atoms with Crippen LogP contribution >= 0.6 is 23.2 Å². The minimum absolute atomic E-state index is 0.244. The second-order valence-corrected chi connectivity index (χ2v) is 5.69. The molecule has 0 N–H and O–H groups in total. The average molecular weight is 351 g/mol. The van der Waals surface area contributed by atoms with Gasteiger partial charge in [-0.25, -0.2) is 0 Å². The predicted molar refractivity (Wildman–Crippen MR) is 87.8 cm³/mol. The second kappa shape index (κ2) is 6.52. The number of nitrogens with zero attached hydrogens (tertiary/aromatic N) is 3. The summed E-state index contributed by atoms with van der Waals surface area (Å²) in [5.41, 5.74) is 0.842. The summed E-state index contributed by atoms with van der Waals surface area (Å²) < 4.78 is 7.44. The van der Waals surface area contributed by atoms with Gasteiger partial charge in [-0.15, -0.1) is 5.10 Å². The van der Waals surface area contributed by atoms with Gasteiger partial charge in [0, 0.05) is 20.9 Å². The fraction of sp³-hybridized carbons (Fsp3) is 0.0667. The molecule has 0 saturated heterocycles. The SMILES string of the molecule is [S-]c1nnc(COc2ccc(Cl)cc2)n1-c1ccc(Cl)cc1. The number of halogens is 2. The molecule has 1 aromatic heterocycles. The summed E-state index contributed by atoms with van der Waals surface area (Å²) in [7, 11) is 0. The third kappa shape index (κ3) is 3.32. The summed E-state index contributed by atoms with van der Waals surface area (Å²) in [6, 6.07) is 14.4. The third-order valence-corrected chi connectivity index (χ3v) is 3.73. The maximum atomic E-state index is 5.90. The standard InChI is InChI=1S/C15H11Cl2N3OS/c16-10-1-5-12(6-2-10)20-14(18-19-15(20)22)9-21-13-7-3-11(17)4-8-13/h1-8H,9H2,(H,19,22)/p-1. The molecule has 0 fully saturated rings. The van der Waals surface area contributed by atoms with Crippen LogP contribution in [0.4, 0.5) is 0 Å². The number of benzene rings is 2. The summed E-state index contributed by atoms with van der Waals surface area (Å²) in [5.74, 6) is 1.31. The van der Waals surface area contributed by atoms with E-state index in [0.717, 1.165) is 5.69 Å². The molecular formula is C15H10Cl2N3OS-. The lowest BCUT2D eigenvalue weighted by atomic mass is 10.3. The molecule has 4 nitrogen and oxygen atoms in total. The molecule has 2 aromatic carbocycles. The lowest BCUT2D eigenvalue weighted by Gasteiger charge is -2.13. The van der Waals surface area contributed by atoms with E-state index in [1.54, 1.807) is 41.0 Å². The number of hydrogen-bond donors (Lipinski definition) is 0. The number of hydrogen-bond acceptors (Lipinski definition) is 4. The molecule has 3 aromatic rings. The van der Waals surface area contributed by atoms with Crippen LogP contribution in [0.1, 0.15) is 5.82 Å². The van der Waals surface area contributed by atoms with E-state index in [9.17, 15) is 0 Å². The smallest absolute Gasteiger partial charge is 0.174 e. The molecule has 0 bridgehead atoms. The van der Waals surface area contributed by atoms with E-state index in [2.05, 4.69) is 10.2 Å². The molecule has 0 radical (unpaired) electrons. The Kier molecular flexibility index (Phi) is 4.47. The highest BCUT2D eigenvalue weighted by atomic mass is 35.5. The monoisotopic (exact) mass is 350 g/mol. The molecule has 3 rings (SSSR count). The number of rotatable bonds is 4. The Morgan fingerprint density at radius 1 is 0.909 bits per heavy atom. The summed E-state index contributed by atoms with van der Waals surface area (Å²) in [5, 5.41) is 9.69. The molecule has 0 aliphatic rings. The molecule has 0 aliphatic carbocycles. The quantitative estimate of drug-likeness (QED) is 0.665. The van der Waals surface area contributed by atoms with E-state index in [-0.39, 0.29) is 6.61 Å². The maximum absolute atomic E-state index is 5.90. The summed E-state index contributed by atoms with van der Waals surface area (Å²) in [4.78, 5) is 0. The molecule has 7 heteroatoms. The fourth-order valence-corrected chi connectivity index (χ4v) is 2.43. The van der Waals surface area contributed by atoms with Crippen LogP contribution in [0.15, 0.2) is 53.7 Å². The zero-order chi connectivity index (χ0) is 15.5. The first kappa shape index (κ1) is 15.1. The Bertz CT molecular complexity index is 772. The van der Waals surface area contributed by atoms with Crippen LogP contribution in [0.25, 0.3) is 5.69 Å². The van der Waals surface area contributed by atoms with Crippen LogP contribution < -0.4 is 4.74 Å². The topological polar surface area (TPSA) is 39.9 Å². The van der Waals surface area contributed by atoms with Crippen LogP contribution in [-0.2, 0) is 19.2 Å². The van der Waals surface area contributed by atoms with Gasteiger partial charge in [0.05, 0.1) is 0 Å². The van der Waals surface area contributed by atoms with Gasteiger partial charge in [0.2, 0.25) is 0 Å². The summed E-state index contributed by atoms with van der Waals surface area (Å²) in [6.07, 6.45) is 0. The van der Waals surface area contributed by atoms with Crippen molar-refractivity contribution in [2.24, 2.45) is 0 Å². The molecule has 22 heavy (non-hydrogen) atoms. The van der Waals surface area contributed by atoms with Crippen molar-refractivity contribution in [3.63, 3.8) is 0 Å². The molecule has 1 heterocycles. The van der Waals surface area contributed by atoms with Crippen LogP contribution in [0.3, 0.4) is 0 Å². The van der Waals surface area contributed by atoms with E-state index < -0.39 is 0 Å². The normalized spacial score (nSPS) is 10.6. The van der Waals surface area contributed by atoms with E-state index in [1.807, 2.05) is 12.1 Å². The Morgan fingerprint density at radius 3 is 2.14 bits per heavy atom. The molecule has 112 valence electrons. The van der Waals surface area contributed by atoms with E-state index in [0.29, 0.717) is 26.8 Å². The maximum Gasteiger partial charge on any atom is 0.174 e. The van der Waals surface area contributed by atoms with Crippen LogP contribution in [0.5, 0.6) is 5.75 Å². The van der Waals surface area contributed by atoms with Gasteiger partial charge >= 0.3 is 0 Å². The van der Waals surface area contributed by atoms with Gasteiger partial charge in [-0.05, 0) is 48.5 Å². The van der Waals surface area contributed by atoms with Crippen LogP contribution in [0.2, 0.25) is 10.0 Å². The van der Waals surface area contributed by atoms with Gasteiger partial charge in [0.1, 0.15) is 12.4 Å². The minimum atomic E-state index is 0.244. The second-order valence-electron chi connectivity index (χ2n) is 4.45. The van der Waals surface area contributed by atoms with E-state index >= 15 is 0 Å². The van der Waals surface area contributed by atoms with E-state index in [4.69, 9.17) is 40.6 Å². The van der Waals surface area contributed by atoms with Crippen LogP contribution in [0, 0.1) is 0 Å². The first-order valence-corrected chi connectivity index (χ1v) is 7.55. The minimum Gasteiger partial charge on any atom is -0.740 e. The average Bonchev–Trinajstić information content (AvgIpc) is 2.89. The number of ether oxygens (including phenoxy) is 1. The van der Waals surface area contributed by atoms with Gasteiger partial charge in [-0.1, -0.05) is 23.2 Å². The van der Waals surface area contributed by atoms with Crippen molar-refractivity contribution >= 4 is 35.8 Å². The summed E-state index contributed by atoms with van der Waals surface area (Å²) >= 11 is 17.0. The molecule has 0 unspecified atom stereocenters. The van der Waals surface area contributed by atoms with E-state index in [1.165, 1.54) is 0 Å². The molecule has 0 saturated carbocycles. The Morgan fingerprint density at radius 2 is 1.50 bits per heavy atom. The molecule has 0 aliphatic heterocycles. The zero-order valence-electron chi connectivity index (χ0n) is 11.2. The third-order valence-electron chi connectivity index (χ3n) is 2.97. The van der Waals surface area contributed by atoms with Crippen molar-refractivity contribution in [3.8, 4) is 11.4 Å². The van der Waals surface area contributed by atoms with Gasteiger partial charge in [0.15, 0.2) is 5.82 Å². The Labute approximate surface area is 143 Å². The van der Waals surface area contributed by atoms with Crippen LogP contribution in [-0.4, -0.2) is 14.8 Å². The summed E-state index contributed by atoms with van der Waals surface area (Å²) in [6.45, 7) is 0.244. The predicted octanol–water partition coefficient (Wildman–Crippen LogP) is 4.06. The molecular weight excluding hydrogens is 341 g/mol. The van der Waals surface area contributed by atoms with Crippen molar-refractivity contribution < 1.29 is 4.74 Å². The van der Waals surface area contributed by atoms with Gasteiger partial charge < -0.3 is 21.9 Å². The molecule has 0 amide bonds. The van der Waals surface area contributed by atoms with Crippen molar-refractivity contribution in [1.29, 1.82) is 0 Å². The van der Waals surface area contributed by atoms with Gasteiger partial charge in [-0.3, -0.25) is 0 Å². The largest absolute Gasteiger partial charge is 0.740 e. The Hall–Kier alpha value is -1.82. The van der Waals surface area contributed by atoms with Crippen molar-refractivity contribution in [2.45, 2.75) is 11.8 Å². The molecule has 0 atom stereocenters. The lowest BCUT2D eigenvalue weighted by molar-refractivity contribution is 0.293. The lowest BCUT2D eigenvalue weighted by Crippen LogP contribution is -2.06. The van der Waals surface area contributed by atoms with Crippen molar-refractivity contribution in [1.82, 2.24) is 14.8 Å². The van der Waals surface area contributed by atoms with Gasteiger partial charge in [0.25, 0.3) is 0 Å². The highest BCUT2D eigenvalue weighted by Gasteiger charge is 2.08.